The zero-order valence-electron chi connectivity index (χ0n) is 13.7. The summed E-state index contributed by atoms with van der Waals surface area (Å²) in [5.74, 6) is 0.225. The van der Waals surface area contributed by atoms with Gasteiger partial charge in [-0.25, -0.2) is 0 Å². The number of hydrogen-bond donors (Lipinski definition) is 2. The van der Waals surface area contributed by atoms with Gasteiger partial charge in [0.1, 0.15) is 5.78 Å². The van der Waals surface area contributed by atoms with Gasteiger partial charge in [0.25, 0.3) is 0 Å². The summed E-state index contributed by atoms with van der Waals surface area (Å²) >= 11 is 4.62. The smallest absolute Gasteiger partial charge is 0.147 e. The molecule has 1 heterocycles. The van der Waals surface area contributed by atoms with Crippen molar-refractivity contribution in [1.29, 1.82) is 0 Å². The summed E-state index contributed by atoms with van der Waals surface area (Å²) in [6, 6.07) is 6.29. The van der Waals surface area contributed by atoms with Gasteiger partial charge in [-0.05, 0) is 37.5 Å². The predicted octanol–water partition coefficient (Wildman–Crippen LogP) is 2.97. The summed E-state index contributed by atoms with van der Waals surface area (Å²) in [7, 11) is 3.98. The van der Waals surface area contributed by atoms with E-state index in [0.717, 1.165) is 42.9 Å². The number of nitrogen functional groups attached to an aromatic ring is 1. The lowest BCUT2D eigenvalue weighted by Gasteiger charge is -2.40. The van der Waals surface area contributed by atoms with Gasteiger partial charge in [0.15, 0.2) is 0 Å². The molecule has 0 bridgehead atoms. The fourth-order valence-electron chi connectivity index (χ4n) is 3.13. The fourth-order valence-corrected chi connectivity index (χ4v) is 3.62. The van der Waals surface area contributed by atoms with E-state index in [2.05, 4.69) is 29.7 Å². The van der Waals surface area contributed by atoms with Crippen LogP contribution in [-0.2, 0) is 4.79 Å². The van der Waals surface area contributed by atoms with Crippen LogP contribution in [0.15, 0.2) is 18.2 Å². The largest absolute Gasteiger partial charge is 0.397 e. The van der Waals surface area contributed by atoms with Gasteiger partial charge in [-0.1, -0.05) is 6.92 Å². The molecule has 0 radical (unpaired) electrons. The van der Waals surface area contributed by atoms with Crippen molar-refractivity contribution in [2.45, 2.75) is 43.9 Å². The Hall–Kier alpha value is -1.36. The van der Waals surface area contributed by atoms with Crippen LogP contribution in [0.3, 0.4) is 0 Å². The van der Waals surface area contributed by atoms with Gasteiger partial charge >= 0.3 is 0 Å². The molecule has 2 unspecified atom stereocenters. The normalized spacial score (nSPS) is 19.8. The molecule has 0 aliphatic carbocycles. The van der Waals surface area contributed by atoms with Gasteiger partial charge in [0.05, 0.1) is 16.6 Å². The minimum Gasteiger partial charge on any atom is -0.397 e. The Balaban J connectivity index is 2.31. The van der Waals surface area contributed by atoms with Crippen LogP contribution in [0.4, 0.5) is 17.1 Å². The number of carbonyl (C=O) groups excluding carboxylic acids is 1. The Morgan fingerprint density at radius 3 is 2.82 bits per heavy atom. The second kappa shape index (κ2) is 7.27. The molecule has 1 aromatic rings. The molecule has 1 aliphatic heterocycles. The van der Waals surface area contributed by atoms with E-state index >= 15 is 0 Å². The number of rotatable bonds is 5. The first-order valence-corrected chi connectivity index (χ1v) is 8.51. The quantitative estimate of drug-likeness (QED) is 0.647. The molecule has 5 heteroatoms. The van der Waals surface area contributed by atoms with Crippen molar-refractivity contribution in [2.24, 2.45) is 0 Å². The maximum absolute atomic E-state index is 12.1. The lowest BCUT2D eigenvalue weighted by Crippen LogP contribution is -2.47. The maximum Gasteiger partial charge on any atom is 0.147 e. The fraction of sp³-hybridized carbons (Fsp3) is 0.588. The van der Waals surface area contributed by atoms with Crippen LogP contribution >= 0.6 is 12.6 Å². The molecule has 0 saturated carbocycles. The number of benzene rings is 1. The molecular formula is C17H27N3OS. The molecule has 1 saturated heterocycles. The van der Waals surface area contributed by atoms with Gasteiger partial charge in [0, 0.05) is 38.8 Å². The Kier molecular flexibility index (Phi) is 5.62. The van der Waals surface area contributed by atoms with Crippen LogP contribution in [0.5, 0.6) is 0 Å². The molecule has 122 valence electrons. The molecule has 2 rings (SSSR count). The van der Waals surface area contributed by atoms with Crippen molar-refractivity contribution in [2.75, 3.05) is 36.2 Å². The number of piperidine rings is 1. The van der Waals surface area contributed by atoms with Gasteiger partial charge in [-0.3, -0.25) is 4.79 Å². The summed E-state index contributed by atoms with van der Waals surface area (Å²) in [4.78, 5) is 16.4. The van der Waals surface area contributed by atoms with Crippen molar-refractivity contribution in [3.05, 3.63) is 18.2 Å². The van der Waals surface area contributed by atoms with Crippen LogP contribution in [0, 0.1) is 0 Å². The third kappa shape index (κ3) is 3.51. The van der Waals surface area contributed by atoms with E-state index in [9.17, 15) is 4.79 Å². The molecule has 1 fully saturated rings. The molecule has 0 aromatic heterocycles. The lowest BCUT2D eigenvalue weighted by molar-refractivity contribution is -0.118. The van der Waals surface area contributed by atoms with Crippen LogP contribution in [0.25, 0.3) is 0 Å². The number of ketones is 1. The van der Waals surface area contributed by atoms with Gasteiger partial charge in [-0.15, -0.1) is 0 Å². The van der Waals surface area contributed by atoms with Crippen LogP contribution in [-0.4, -0.2) is 37.7 Å². The summed E-state index contributed by atoms with van der Waals surface area (Å²) in [5, 5.41) is -0.217. The van der Waals surface area contributed by atoms with E-state index in [0.29, 0.717) is 6.42 Å². The third-order valence-corrected chi connectivity index (χ3v) is 5.05. The number of Topliss-reactive ketones (excluding diaryl/α,β-unsaturated/α-hetero) is 1. The van der Waals surface area contributed by atoms with Crippen molar-refractivity contribution in [3.8, 4) is 0 Å². The average Bonchev–Trinajstić information content (AvgIpc) is 2.53. The van der Waals surface area contributed by atoms with E-state index in [4.69, 9.17) is 5.73 Å². The molecule has 1 aromatic carbocycles. The molecule has 22 heavy (non-hydrogen) atoms. The first kappa shape index (κ1) is 17.0. The number of hydrogen-bond acceptors (Lipinski definition) is 5. The second-order valence-electron chi connectivity index (χ2n) is 6.16. The zero-order valence-corrected chi connectivity index (χ0v) is 14.6. The molecule has 2 atom stereocenters. The Labute approximate surface area is 139 Å². The van der Waals surface area contributed by atoms with Crippen molar-refractivity contribution in [3.63, 3.8) is 0 Å². The van der Waals surface area contributed by atoms with E-state index in [1.807, 2.05) is 32.0 Å². The van der Waals surface area contributed by atoms with E-state index in [1.54, 1.807) is 0 Å². The predicted molar refractivity (Wildman–Crippen MR) is 98.2 cm³/mol. The Morgan fingerprint density at radius 1 is 1.45 bits per heavy atom. The van der Waals surface area contributed by atoms with Crippen LogP contribution < -0.4 is 15.5 Å². The molecule has 0 spiro atoms. The van der Waals surface area contributed by atoms with Gasteiger partial charge in [0.2, 0.25) is 0 Å². The SMILES string of the molecule is CCC(=O)C(S)C1CCCCN1c1ccc(N)c(N(C)C)c1. The first-order valence-electron chi connectivity index (χ1n) is 8.00. The van der Waals surface area contributed by atoms with E-state index in [1.165, 1.54) is 0 Å². The number of carbonyl (C=O) groups is 1. The maximum atomic E-state index is 12.1. The number of nitrogens with zero attached hydrogens (tertiary/aromatic N) is 2. The zero-order chi connectivity index (χ0) is 16.3. The van der Waals surface area contributed by atoms with Gasteiger partial charge in [-0.2, -0.15) is 12.6 Å². The minimum absolute atomic E-state index is 0.170. The molecule has 2 N–H and O–H groups in total. The van der Waals surface area contributed by atoms with Crippen molar-refractivity contribution >= 4 is 35.5 Å². The summed E-state index contributed by atoms with van der Waals surface area (Å²) < 4.78 is 0. The summed E-state index contributed by atoms with van der Waals surface area (Å²) in [5.41, 5.74) is 8.97. The van der Waals surface area contributed by atoms with Crippen LogP contribution in [0.2, 0.25) is 0 Å². The highest BCUT2D eigenvalue weighted by Crippen LogP contribution is 2.33. The standard InChI is InChI=1S/C17H27N3OS/c1-4-16(21)17(22)14-7-5-6-10-20(14)12-8-9-13(18)15(11-12)19(2)3/h8-9,11,14,17,22H,4-7,10,18H2,1-3H3. The minimum atomic E-state index is -0.217. The molecular weight excluding hydrogens is 294 g/mol. The number of anilines is 3. The molecule has 1 aliphatic rings. The highest BCUT2D eigenvalue weighted by Gasteiger charge is 2.31. The number of nitrogens with two attached hydrogens (primary N) is 1. The Morgan fingerprint density at radius 2 is 2.18 bits per heavy atom. The number of thiol groups is 1. The highest BCUT2D eigenvalue weighted by atomic mass is 32.1. The van der Waals surface area contributed by atoms with Crippen molar-refractivity contribution < 1.29 is 4.79 Å². The van der Waals surface area contributed by atoms with E-state index in [-0.39, 0.29) is 17.1 Å². The second-order valence-corrected chi connectivity index (χ2v) is 6.72. The molecule has 0 amide bonds. The Bertz CT molecular complexity index is 533. The van der Waals surface area contributed by atoms with E-state index < -0.39 is 0 Å². The van der Waals surface area contributed by atoms with Gasteiger partial charge < -0.3 is 15.5 Å². The summed E-state index contributed by atoms with van der Waals surface area (Å²) in [6.45, 7) is 2.88. The monoisotopic (exact) mass is 321 g/mol. The average molecular weight is 321 g/mol. The summed E-state index contributed by atoms with van der Waals surface area (Å²) in [6.07, 6.45) is 3.87. The van der Waals surface area contributed by atoms with Crippen molar-refractivity contribution in [1.82, 2.24) is 0 Å². The molecule has 4 nitrogen and oxygen atoms in total. The highest BCUT2D eigenvalue weighted by molar-refractivity contribution is 7.81. The van der Waals surface area contributed by atoms with Crippen LogP contribution in [0.1, 0.15) is 32.6 Å². The lowest BCUT2D eigenvalue weighted by atomic mass is 9.95. The topological polar surface area (TPSA) is 49.6 Å². The first-order chi connectivity index (χ1) is 10.5. The third-order valence-electron chi connectivity index (χ3n) is 4.42.